The summed E-state index contributed by atoms with van der Waals surface area (Å²) in [6, 6.07) is 7.47. The Hall–Kier alpha value is -2.32. The summed E-state index contributed by atoms with van der Waals surface area (Å²) in [5, 5.41) is 11.6. The van der Waals surface area contributed by atoms with E-state index < -0.39 is 14.4 Å². The van der Waals surface area contributed by atoms with Gasteiger partial charge in [-0.3, -0.25) is 10.4 Å². The molecule has 27 heavy (non-hydrogen) atoms. The van der Waals surface area contributed by atoms with Crippen LogP contribution in [-0.4, -0.2) is 42.7 Å². The van der Waals surface area contributed by atoms with E-state index in [2.05, 4.69) is 44.3 Å². The number of hydrazine groups is 1. The first-order valence-corrected chi connectivity index (χ1v) is 12.0. The number of nitrogens with zero attached hydrogens (tertiary/aromatic N) is 2. The zero-order valence-corrected chi connectivity index (χ0v) is 17.7. The van der Waals surface area contributed by atoms with Crippen molar-refractivity contribution in [1.29, 1.82) is 0 Å². The van der Waals surface area contributed by atoms with Crippen LogP contribution >= 0.6 is 0 Å². The molecule has 148 valence electrons. The van der Waals surface area contributed by atoms with Crippen LogP contribution in [0, 0.1) is 0 Å². The van der Waals surface area contributed by atoms with Crippen molar-refractivity contribution in [3.8, 4) is 0 Å². The maximum Gasteiger partial charge on any atom is 0.426 e. The van der Waals surface area contributed by atoms with Gasteiger partial charge in [0, 0.05) is 18.5 Å². The first-order valence-electron chi connectivity index (χ1n) is 9.07. The summed E-state index contributed by atoms with van der Waals surface area (Å²) in [5.74, 6) is 0. The summed E-state index contributed by atoms with van der Waals surface area (Å²) in [6.07, 6.45) is 1.06. The van der Waals surface area contributed by atoms with Gasteiger partial charge >= 0.3 is 6.09 Å². The second kappa shape index (κ2) is 8.14. The van der Waals surface area contributed by atoms with Crippen LogP contribution in [0.25, 0.3) is 10.9 Å². The Labute approximate surface area is 161 Å². The summed E-state index contributed by atoms with van der Waals surface area (Å²) < 4.78 is 6.13. The Kier molecular flexibility index (Phi) is 6.33. The first kappa shape index (κ1) is 21.0. The molecule has 0 fully saturated rings. The molecule has 0 saturated carbocycles. The van der Waals surface area contributed by atoms with E-state index in [0.717, 1.165) is 15.9 Å². The highest BCUT2D eigenvalue weighted by Crippen LogP contribution is 2.36. The fourth-order valence-electron chi connectivity index (χ4n) is 2.38. The third kappa shape index (κ3) is 5.11. The van der Waals surface area contributed by atoms with E-state index in [-0.39, 0.29) is 5.04 Å². The normalized spacial score (nSPS) is 12.2. The predicted octanol–water partition coefficient (Wildman–Crippen LogP) is 4.54. The number of rotatable bonds is 7. The van der Waals surface area contributed by atoms with Gasteiger partial charge in [0.15, 0.2) is 8.32 Å². The number of nitrogen functional groups attached to an aromatic ring is 1. The van der Waals surface area contributed by atoms with E-state index in [1.165, 1.54) is 6.20 Å². The predicted molar refractivity (Wildman–Crippen MR) is 112 cm³/mol. The number of anilines is 2. The molecular weight excluding hydrogens is 360 g/mol. The molecule has 4 N–H and O–H groups in total. The van der Waals surface area contributed by atoms with Crippen molar-refractivity contribution in [2.24, 2.45) is 0 Å². The monoisotopic (exact) mass is 390 g/mol. The van der Waals surface area contributed by atoms with E-state index >= 15 is 0 Å². The van der Waals surface area contributed by atoms with Crippen LogP contribution in [-0.2, 0) is 4.43 Å². The van der Waals surface area contributed by atoms with Gasteiger partial charge in [-0.05, 0) is 30.6 Å². The molecule has 0 aliphatic rings. The molecule has 0 aliphatic heterocycles. The molecule has 2 rings (SSSR count). The summed E-state index contributed by atoms with van der Waals surface area (Å²) in [7, 11) is -1.84. The topological polar surface area (TPSA) is 101 Å². The number of nitrogens with one attached hydrogen (secondary N) is 1. The van der Waals surface area contributed by atoms with Crippen LogP contribution in [0.2, 0.25) is 18.1 Å². The van der Waals surface area contributed by atoms with Gasteiger partial charge in [0.05, 0.1) is 23.1 Å². The number of hydrogen-bond acceptors (Lipinski definition) is 5. The number of fused-ring (bicyclic) bond motifs is 1. The number of carbonyl (C=O) groups is 1. The van der Waals surface area contributed by atoms with Crippen LogP contribution in [0.3, 0.4) is 0 Å². The van der Waals surface area contributed by atoms with Gasteiger partial charge < -0.3 is 15.3 Å². The Balaban J connectivity index is 2.05. The lowest BCUT2D eigenvalue weighted by atomic mass is 10.2. The highest BCUT2D eigenvalue weighted by Gasteiger charge is 2.36. The molecule has 0 bridgehead atoms. The van der Waals surface area contributed by atoms with Gasteiger partial charge in [0.2, 0.25) is 0 Å². The van der Waals surface area contributed by atoms with Crippen LogP contribution < -0.4 is 11.2 Å². The molecule has 0 saturated heterocycles. The molecular formula is C19H30N4O3Si. The number of carboxylic acid groups (broad SMARTS) is 1. The SMILES string of the molecule is CC(C)(C)[Si](C)(C)OCCCN(Nc1c(N)cnc2ccccc12)C(=O)O. The molecule has 0 unspecified atom stereocenters. The molecule has 1 amide bonds. The number of benzene rings is 1. The number of aromatic nitrogens is 1. The number of para-hydroxylation sites is 1. The molecule has 1 aromatic carbocycles. The van der Waals surface area contributed by atoms with Crippen molar-refractivity contribution >= 4 is 36.7 Å². The van der Waals surface area contributed by atoms with E-state index in [4.69, 9.17) is 10.2 Å². The Morgan fingerprint density at radius 3 is 2.63 bits per heavy atom. The van der Waals surface area contributed by atoms with Crippen molar-refractivity contribution < 1.29 is 14.3 Å². The highest BCUT2D eigenvalue weighted by molar-refractivity contribution is 6.74. The average Bonchev–Trinajstić information content (AvgIpc) is 2.58. The largest absolute Gasteiger partial charge is 0.464 e. The third-order valence-electron chi connectivity index (χ3n) is 5.08. The smallest absolute Gasteiger partial charge is 0.426 e. The molecule has 8 heteroatoms. The highest BCUT2D eigenvalue weighted by atomic mass is 28.4. The number of amides is 1. The van der Waals surface area contributed by atoms with Gasteiger partial charge in [-0.25, -0.2) is 9.80 Å². The lowest BCUT2D eigenvalue weighted by molar-refractivity contribution is 0.151. The Morgan fingerprint density at radius 1 is 1.33 bits per heavy atom. The molecule has 7 nitrogen and oxygen atoms in total. The maximum absolute atomic E-state index is 11.7. The zero-order valence-electron chi connectivity index (χ0n) is 16.7. The molecule has 0 atom stereocenters. The van der Waals surface area contributed by atoms with Crippen LogP contribution in [0.4, 0.5) is 16.2 Å². The lowest BCUT2D eigenvalue weighted by Gasteiger charge is -2.36. The van der Waals surface area contributed by atoms with Crippen molar-refractivity contribution in [2.45, 2.75) is 45.3 Å². The Morgan fingerprint density at radius 2 is 2.00 bits per heavy atom. The second-order valence-corrected chi connectivity index (χ2v) is 12.9. The molecule has 1 aromatic heterocycles. The van der Waals surface area contributed by atoms with Crippen molar-refractivity contribution in [3.05, 3.63) is 30.5 Å². The number of pyridine rings is 1. The van der Waals surface area contributed by atoms with E-state index in [0.29, 0.717) is 30.9 Å². The molecule has 2 aromatic rings. The fraction of sp³-hybridized carbons (Fsp3) is 0.474. The maximum atomic E-state index is 11.7. The second-order valence-electron chi connectivity index (χ2n) is 8.11. The van der Waals surface area contributed by atoms with Crippen LogP contribution in [0.15, 0.2) is 30.5 Å². The van der Waals surface area contributed by atoms with Gasteiger partial charge in [-0.1, -0.05) is 39.0 Å². The molecule has 0 aliphatic carbocycles. The lowest BCUT2D eigenvalue weighted by Crippen LogP contribution is -2.42. The van der Waals surface area contributed by atoms with E-state index in [1.54, 1.807) is 0 Å². The minimum atomic E-state index is -1.84. The first-order chi connectivity index (χ1) is 12.5. The Bertz CT molecular complexity index is 805. The minimum Gasteiger partial charge on any atom is -0.464 e. The van der Waals surface area contributed by atoms with E-state index in [9.17, 15) is 9.90 Å². The molecule has 1 heterocycles. The number of hydrogen-bond donors (Lipinski definition) is 3. The summed E-state index contributed by atoms with van der Waals surface area (Å²) in [6.45, 7) is 11.7. The quantitative estimate of drug-likeness (QED) is 0.365. The van der Waals surface area contributed by atoms with Crippen LogP contribution in [0.5, 0.6) is 0 Å². The van der Waals surface area contributed by atoms with Gasteiger partial charge in [0.1, 0.15) is 0 Å². The van der Waals surface area contributed by atoms with Crippen molar-refractivity contribution in [2.75, 3.05) is 24.3 Å². The van der Waals surface area contributed by atoms with Crippen LogP contribution in [0.1, 0.15) is 27.2 Å². The van der Waals surface area contributed by atoms with Crippen molar-refractivity contribution in [3.63, 3.8) is 0 Å². The molecule has 0 radical (unpaired) electrons. The van der Waals surface area contributed by atoms with Gasteiger partial charge in [0.25, 0.3) is 0 Å². The minimum absolute atomic E-state index is 0.127. The summed E-state index contributed by atoms with van der Waals surface area (Å²) >= 11 is 0. The fourth-order valence-corrected chi connectivity index (χ4v) is 3.47. The summed E-state index contributed by atoms with van der Waals surface area (Å²) in [5.41, 5.74) is 10.7. The van der Waals surface area contributed by atoms with Gasteiger partial charge in [-0.15, -0.1) is 0 Å². The molecule has 0 spiro atoms. The average molecular weight is 391 g/mol. The van der Waals surface area contributed by atoms with Crippen molar-refractivity contribution in [1.82, 2.24) is 9.99 Å². The summed E-state index contributed by atoms with van der Waals surface area (Å²) in [4.78, 5) is 15.9. The van der Waals surface area contributed by atoms with E-state index in [1.807, 2.05) is 24.3 Å². The zero-order chi connectivity index (χ0) is 20.2. The number of nitrogens with two attached hydrogens (primary N) is 1. The third-order valence-corrected chi connectivity index (χ3v) is 9.62. The standard InChI is InChI=1S/C19H30N4O3Si/c1-19(2,3)27(4,5)26-12-8-11-23(18(24)25)22-17-14-9-6-7-10-16(14)21-13-15(17)20/h6-7,9-10,13H,8,11-12,20H2,1-5H3,(H,21,22)(H,24,25). The van der Waals surface area contributed by atoms with Gasteiger partial charge in [-0.2, -0.15) is 0 Å².